The first-order chi connectivity index (χ1) is 15.6. The zero-order valence-electron chi connectivity index (χ0n) is 18.1. The van der Waals surface area contributed by atoms with Gasteiger partial charge in [-0.2, -0.15) is 4.31 Å². The largest absolute Gasteiger partial charge is 0.348 e. The molecule has 9 heteroatoms. The molecule has 0 bridgehead atoms. The minimum atomic E-state index is -4.01. The quantitative estimate of drug-likeness (QED) is 0.436. The lowest BCUT2D eigenvalue weighted by Gasteiger charge is -2.24. The summed E-state index contributed by atoms with van der Waals surface area (Å²) in [4.78, 5) is 12.9. The third-order valence-electron chi connectivity index (χ3n) is 5.09. The van der Waals surface area contributed by atoms with Crippen LogP contribution in [0.5, 0.6) is 0 Å². The van der Waals surface area contributed by atoms with E-state index in [-0.39, 0.29) is 17.3 Å². The second kappa shape index (κ2) is 10.7. The first kappa shape index (κ1) is 25.2. The Kier molecular flexibility index (Phi) is 8.13. The minimum Gasteiger partial charge on any atom is -0.348 e. The fourth-order valence-corrected chi connectivity index (χ4v) is 5.05. The Balaban J connectivity index is 1.86. The third-order valence-corrected chi connectivity index (χ3v) is 7.48. The molecule has 0 unspecified atom stereocenters. The first-order valence-corrected chi connectivity index (χ1v) is 12.3. The molecule has 0 spiro atoms. The molecular formula is C24H23Cl2FN2O3S. The summed E-state index contributed by atoms with van der Waals surface area (Å²) in [6, 6.07) is 16.4. The van der Waals surface area contributed by atoms with Crippen LogP contribution in [0.15, 0.2) is 71.6 Å². The van der Waals surface area contributed by atoms with E-state index in [1.54, 1.807) is 43.3 Å². The van der Waals surface area contributed by atoms with Crippen LogP contribution >= 0.6 is 23.2 Å². The van der Waals surface area contributed by atoms with E-state index < -0.39 is 28.5 Å². The summed E-state index contributed by atoms with van der Waals surface area (Å²) in [5.41, 5.74) is 2.11. The maximum absolute atomic E-state index is 13.4. The summed E-state index contributed by atoms with van der Waals surface area (Å²) >= 11 is 12.2. The normalized spacial score (nSPS) is 12.5. The van der Waals surface area contributed by atoms with Gasteiger partial charge in [0.05, 0.1) is 17.5 Å². The fraction of sp³-hybridized carbons (Fsp3) is 0.208. The molecule has 1 atom stereocenters. The molecule has 174 valence electrons. The van der Waals surface area contributed by atoms with Crippen molar-refractivity contribution in [1.82, 2.24) is 9.62 Å². The number of halogens is 3. The molecule has 0 radical (unpaired) electrons. The van der Waals surface area contributed by atoms with E-state index in [0.717, 1.165) is 9.87 Å². The van der Waals surface area contributed by atoms with Crippen molar-refractivity contribution in [2.75, 3.05) is 6.54 Å². The highest BCUT2D eigenvalue weighted by Crippen LogP contribution is 2.25. The van der Waals surface area contributed by atoms with Crippen LogP contribution in [0.2, 0.25) is 10.0 Å². The first-order valence-electron chi connectivity index (χ1n) is 10.1. The number of nitrogens with one attached hydrogen (secondary N) is 1. The van der Waals surface area contributed by atoms with Crippen LogP contribution in [-0.4, -0.2) is 25.2 Å². The molecule has 0 heterocycles. The van der Waals surface area contributed by atoms with E-state index in [1.807, 2.05) is 6.92 Å². The van der Waals surface area contributed by atoms with E-state index in [4.69, 9.17) is 23.2 Å². The van der Waals surface area contributed by atoms with Crippen molar-refractivity contribution in [1.29, 1.82) is 0 Å². The van der Waals surface area contributed by atoms with Gasteiger partial charge in [0.25, 0.3) is 0 Å². The van der Waals surface area contributed by atoms with Crippen LogP contribution in [0.25, 0.3) is 0 Å². The van der Waals surface area contributed by atoms with E-state index in [0.29, 0.717) is 21.2 Å². The number of hydrogen-bond acceptors (Lipinski definition) is 3. The Morgan fingerprint density at radius 1 is 1.03 bits per heavy atom. The summed E-state index contributed by atoms with van der Waals surface area (Å²) < 4.78 is 41.0. The number of benzene rings is 3. The van der Waals surface area contributed by atoms with Gasteiger partial charge in [0, 0.05) is 16.6 Å². The van der Waals surface area contributed by atoms with Gasteiger partial charge in [-0.25, -0.2) is 12.8 Å². The maximum Gasteiger partial charge on any atom is 0.243 e. The number of carbonyl (C=O) groups is 1. The molecule has 3 rings (SSSR count). The lowest BCUT2D eigenvalue weighted by atomic mass is 10.1. The minimum absolute atomic E-state index is 0.0672. The van der Waals surface area contributed by atoms with Crippen LogP contribution in [0, 0.1) is 12.7 Å². The third kappa shape index (κ3) is 6.54. The number of nitrogens with zero attached hydrogens (tertiary/aromatic N) is 1. The number of carbonyl (C=O) groups excluding carboxylic acids is 1. The Morgan fingerprint density at radius 2 is 1.67 bits per heavy atom. The summed E-state index contributed by atoms with van der Waals surface area (Å²) in [5, 5.41) is 3.48. The summed E-state index contributed by atoms with van der Waals surface area (Å²) in [7, 11) is -4.01. The van der Waals surface area contributed by atoms with Gasteiger partial charge >= 0.3 is 0 Å². The molecule has 0 aliphatic carbocycles. The molecule has 0 aliphatic heterocycles. The van der Waals surface area contributed by atoms with E-state index >= 15 is 0 Å². The standard InChI is InChI=1S/C24H23Cl2FN2O3S/c1-16-3-11-22(12-4-16)33(31,32)29(14-19-5-8-20(25)13-23(19)26)15-24(30)28-17(2)18-6-9-21(27)10-7-18/h3-13,17H,14-15H2,1-2H3,(H,28,30)/t17-/m1/s1. The van der Waals surface area contributed by atoms with Crippen molar-refractivity contribution in [3.05, 3.63) is 99.3 Å². The lowest BCUT2D eigenvalue weighted by molar-refractivity contribution is -0.122. The van der Waals surface area contributed by atoms with Crippen molar-refractivity contribution in [2.45, 2.75) is 31.3 Å². The van der Waals surface area contributed by atoms with Gasteiger partial charge in [-0.3, -0.25) is 4.79 Å². The molecule has 0 fully saturated rings. The van der Waals surface area contributed by atoms with Gasteiger partial charge in [-0.1, -0.05) is 59.1 Å². The van der Waals surface area contributed by atoms with Crippen molar-refractivity contribution in [2.24, 2.45) is 0 Å². The number of sulfonamides is 1. The van der Waals surface area contributed by atoms with Gasteiger partial charge in [-0.05, 0) is 61.4 Å². The van der Waals surface area contributed by atoms with Crippen LogP contribution in [0.3, 0.4) is 0 Å². The molecule has 1 amide bonds. The highest BCUT2D eigenvalue weighted by molar-refractivity contribution is 7.89. The molecule has 0 saturated carbocycles. The SMILES string of the molecule is Cc1ccc(S(=O)(=O)N(CC(=O)N[C@H](C)c2ccc(F)cc2)Cc2ccc(Cl)cc2Cl)cc1. The van der Waals surface area contributed by atoms with Gasteiger partial charge < -0.3 is 5.32 Å². The van der Waals surface area contributed by atoms with Crippen molar-refractivity contribution in [3.63, 3.8) is 0 Å². The molecular weight excluding hydrogens is 486 g/mol. The average molecular weight is 509 g/mol. The average Bonchev–Trinajstić information content (AvgIpc) is 2.75. The number of rotatable bonds is 8. The molecule has 3 aromatic rings. The highest BCUT2D eigenvalue weighted by Gasteiger charge is 2.28. The van der Waals surface area contributed by atoms with Gasteiger partial charge in [-0.15, -0.1) is 0 Å². The molecule has 0 saturated heterocycles. The predicted molar refractivity (Wildman–Crippen MR) is 128 cm³/mol. The van der Waals surface area contributed by atoms with Crippen molar-refractivity contribution >= 4 is 39.1 Å². The Hall–Kier alpha value is -2.45. The summed E-state index contributed by atoms with van der Waals surface area (Å²) in [6.07, 6.45) is 0. The second-order valence-electron chi connectivity index (χ2n) is 7.66. The van der Waals surface area contributed by atoms with Crippen LogP contribution in [-0.2, 0) is 21.4 Å². The molecule has 1 N–H and O–H groups in total. The smallest absolute Gasteiger partial charge is 0.243 e. The summed E-state index contributed by atoms with van der Waals surface area (Å²) in [6.45, 7) is 3.04. The molecule has 3 aromatic carbocycles. The van der Waals surface area contributed by atoms with Gasteiger partial charge in [0.2, 0.25) is 15.9 Å². The zero-order chi connectivity index (χ0) is 24.2. The Labute approximate surface area is 203 Å². The Morgan fingerprint density at radius 3 is 2.27 bits per heavy atom. The maximum atomic E-state index is 13.4. The zero-order valence-corrected chi connectivity index (χ0v) is 20.4. The number of hydrogen-bond donors (Lipinski definition) is 1. The van der Waals surface area contributed by atoms with Crippen LogP contribution < -0.4 is 5.32 Å². The highest BCUT2D eigenvalue weighted by atomic mass is 35.5. The summed E-state index contributed by atoms with van der Waals surface area (Å²) in [5.74, 6) is -0.889. The predicted octanol–water partition coefficient (Wildman–Crippen LogP) is 5.51. The second-order valence-corrected chi connectivity index (χ2v) is 10.4. The van der Waals surface area contributed by atoms with Gasteiger partial charge in [0.15, 0.2) is 0 Å². The van der Waals surface area contributed by atoms with Crippen molar-refractivity contribution in [3.8, 4) is 0 Å². The number of aryl methyl sites for hydroxylation is 1. The topological polar surface area (TPSA) is 66.5 Å². The van der Waals surface area contributed by atoms with E-state index in [1.165, 1.54) is 30.3 Å². The lowest BCUT2D eigenvalue weighted by Crippen LogP contribution is -2.41. The van der Waals surface area contributed by atoms with Crippen LogP contribution in [0.1, 0.15) is 29.7 Å². The van der Waals surface area contributed by atoms with E-state index in [9.17, 15) is 17.6 Å². The molecule has 0 aliphatic rings. The fourth-order valence-electron chi connectivity index (χ4n) is 3.21. The molecule has 0 aromatic heterocycles. The molecule has 5 nitrogen and oxygen atoms in total. The monoisotopic (exact) mass is 508 g/mol. The molecule has 33 heavy (non-hydrogen) atoms. The van der Waals surface area contributed by atoms with Crippen LogP contribution in [0.4, 0.5) is 4.39 Å². The van der Waals surface area contributed by atoms with E-state index in [2.05, 4.69) is 5.32 Å². The van der Waals surface area contributed by atoms with Gasteiger partial charge in [0.1, 0.15) is 5.82 Å². The number of amides is 1. The Bertz CT molecular complexity index is 1230. The van der Waals surface area contributed by atoms with Crippen molar-refractivity contribution < 1.29 is 17.6 Å².